The predicted octanol–water partition coefficient (Wildman–Crippen LogP) is 1.51. The fraction of sp³-hybridized carbons (Fsp3) is 0.857. The van der Waals surface area contributed by atoms with Gasteiger partial charge in [-0.05, 0) is 32.1 Å². The van der Waals surface area contributed by atoms with Crippen LogP contribution in [0.3, 0.4) is 0 Å². The summed E-state index contributed by atoms with van der Waals surface area (Å²) in [5, 5.41) is 15.1. The van der Waals surface area contributed by atoms with Gasteiger partial charge in [0, 0.05) is 7.11 Å². The molecule has 4 N–H and O–H groups in total. The molecule has 0 aromatic carbocycles. The van der Waals surface area contributed by atoms with Crippen molar-refractivity contribution in [3.05, 3.63) is 0 Å². The lowest BCUT2D eigenvalue weighted by atomic mass is 9.76. The van der Waals surface area contributed by atoms with Gasteiger partial charge in [-0.15, -0.1) is 0 Å². The number of carbonyl (C=O) groups excluding carboxylic acids is 1. The SMILES string of the molecule is COC1(CC(=O)NC2(C(N)=NO)CCCCC2)CCC1. The summed E-state index contributed by atoms with van der Waals surface area (Å²) in [7, 11) is 1.66. The Bertz CT molecular complexity index is 380. The summed E-state index contributed by atoms with van der Waals surface area (Å²) in [4.78, 5) is 12.3. The quantitative estimate of drug-likeness (QED) is 0.308. The number of nitrogens with zero attached hydrogens (tertiary/aromatic N) is 1. The molecule has 0 aromatic heterocycles. The Hall–Kier alpha value is -1.30. The van der Waals surface area contributed by atoms with E-state index in [9.17, 15) is 4.79 Å². The number of rotatable bonds is 5. The number of methoxy groups -OCH3 is 1. The van der Waals surface area contributed by atoms with Crippen LogP contribution in [0.4, 0.5) is 0 Å². The first-order valence-electron chi connectivity index (χ1n) is 7.40. The molecule has 0 radical (unpaired) electrons. The maximum absolute atomic E-state index is 12.3. The fourth-order valence-electron chi connectivity index (χ4n) is 3.32. The van der Waals surface area contributed by atoms with Crippen LogP contribution in [-0.2, 0) is 9.53 Å². The van der Waals surface area contributed by atoms with Gasteiger partial charge in [0.05, 0.1) is 12.0 Å². The summed E-state index contributed by atoms with van der Waals surface area (Å²) in [6, 6.07) is 0. The average molecular weight is 283 g/mol. The summed E-state index contributed by atoms with van der Waals surface area (Å²) < 4.78 is 5.48. The number of amides is 1. The minimum Gasteiger partial charge on any atom is -0.409 e. The smallest absolute Gasteiger partial charge is 0.223 e. The lowest BCUT2D eigenvalue weighted by Gasteiger charge is -2.42. The van der Waals surface area contributed by atoms with Gasteiger partial charge in [-0.3, -0.25) is 4.79 Å². The van der Waals surface area contributed by atoms with E-state index >= 15 is 0 Å². The van der Waals surface area contributed by atoms with Gasteiger partial charge in [0.15, 0.2) is 5.84 Å². The maximum Gasteiger partial charge on any atom is 0.223 e. The minimum absolute atomic E-state index is 0.0694. The van der Waals surface area contributed by atoms with E-state index in [4.69, 9.17) is 15.7 Å². The number of hydrogen-bond donors (Lipinski definition) is 3. The van der Waals surface area contributed by atoms with Crippen LogP contribution in [0.1, 0.15) is 57.8 Å². The summed E-state index contributed by atoms with van der Waals surface area (Å²) in [6.07, 6.45) is 7.84. The van der Waals surface area contributed by atoms with Gasteiger partial charge in [-0.2, -0.15) is 0 Å². The van der Waals surface area contributed by atoms with E-state index in [-0.39, 0.29) is 17.3 Å². The standard InChI is InChI=1S/C14H25N3O3/c1-20-13(6-5-7-13)10-11(18)16-14(12(15)17-19)8-3-2-4-9-14/h19H,2-10H2,1H3,(H2,15,17)(H,16,18). The van der Waals surface area contributed by atoms with E-state index in [2.05, 4.69) is 10.5 Å². The van der Waals surface area contributed by atoms with Crippen molar-refractivity contribution in [1.29, 1.82) is 0 Å². The molecule has 114 valence electrons. The van der Waals surface area contributed by atoms with E-state index < -0.39 is 5.54 Å². The number of nitrogens with one attached hydrogen (secondary N) is 1. The van der Waals surface area contributed by atoms with Gasteiger partial charge in [-0.1, -0.05) is 24.4 Å². The third-order valence-electron chi connectivity index (χ3n) is 4.86. The number of carbonyl (C=O) groups is 1. The van der Waals surface area contributed by atoms with Gasteiger partial charge < -0.3 is 21.0 Å². The molecule has 1 amide bonds. The molecule has 2 aliphatic carbocycles. The van der Waals surface area contributed by atoms with Crippen molar-refractivity contribution in [1.82, 2.24) is 5.32 Å². The van der Waals surface area contributed by atoms with Crippen molar-refractivity contribution in [2.24, 2.45) is 10.9 Å². The van der Waals surface area contributed by atoms with E-state index in [0.717, 1.165) is 51.4 Å². The van der Waals surface area contributed by atoms with Crippen LogP contribution < -0.4 is 11.1 Å². The molecule has 0 atom stereocenters. The number of hydrogen-bond acceptors (Lipinski definition) is 4. The second-order valence-electron chi connectivity index (χ2n) is 6.09. The zero-order valence-corrected chi connectivity index (χ0v) is 12.2. The van der Waals surface area contributed by atoms with Crippen molar-refractivity contribution in [2.45, 2.75) is 68.9 Å². The van der Waals surface area contributed by atoms with Crippen LogP contribution in [0.25, 0.3) is 0 Å². The van der Waals surface area contributed by atoms with Crippen LogP contribution in [0, 0.1) is 0 Å². The van der Waals surface area contributed by atoms with Gasteiger partial charge in [0.1, 0.15) is 5.54 Å². The largest absolute Gasteiger partial charge is 0.409 e. The van der Waals surface area contributed by atoms with Gasteiger partial charge >= 0.3 is 0 Å². The Morgan fingerprint density at radius 2 is 1.90 bits per heavy atom. The van der Waals surface area contributed by atoms with E-state index in [0.29, 0.717) is 6.42 Å². The zero-order valence-electron chi connectivity index (χ0n) is 12.2. The number of ether oxygens (including phenoxy) is 1. The molecular formula is C14H25N3O3. The molecule has 2 saturated carbocycles. The molecule has 0 aliphatic heterocycles. The monoisotopic (exact) mass is 283 g/mol. The van der Waals surface area contributed by atoms with Crippen LogP contribution >= 0.6 is 0 Å². The Morgan fingerprint density at radius 1 is 1.25 bits per heavy atom. The Labute approximate surface area is 119 Å². The summed E-state index contributed by atoms with van der Waals surface area (Å²) in [5.74, 6) is 0.0469. The summed E-state index contributed by atoms with van der Waals surface area (Å²) >= 11 is 0. The highest BCUT2D eigenvalue weighted by molar-refractivity contribution is 5.94. The zero-order chi connectivity index (χ0) is 14.6. The first-order valence-corrected chi connectivity index (χ1v) is 7.40. The Kier molecular flexibility index (Phi) is 4.52. The molecule has 0 aromatic rings. The topological polar surface area (TPSA) is 96.9 Å². The first-order chi connectivity index (χ1) is 9.56. The Morgan fingerprint density at radius 3 is 2.35 bits per heavy atom. The number of oxime groups is 1. The van der Waals surface area contributed by atoms with Crippen molar-refractivity contribution < 1.29 is 14.7 Å². The van der Waals surface area contributed by atoms with Crippen molar-refractivity contribution >= 4 is 11.7 Å². The number of amidine groups is 1. The molecule has 0 heterocycles. The van der Waals surface area contributed by atoms with Crippen LogP contribution in [0.2, 0.25) is 0 Å². The number of nitrogens with two attached hydrogens (primary N) is 1. The van der Waals surface area contributed by atoms with E-state index in [1.807, 2.05) is 0 Å². The fourth-order valence-corrected chi connectivity index (χ4v) is 3.32. The highest BCUT2D eigenvalue weighted by Gasteiger charge is 2.43. The molecule has 2 aliphatic rings. The normalized spacial score (nSPS) is 24.8. The molecule has 2 rings (SSSR count). The van der Waals surface area contributed by atoms with Crippen LogP contribution in [0.5, 0.6) is 0 Å². The van der Waals surface area contributed by atoms with Gasteiger partial charge in [-0.25, -0.2) is 0 Å². The van der Waals surface area contributed by atoms with E-state index in [1.54, 1.807) is 7.11 Å². The first kappa shape index (κ1) is 15.1. The summed E-state index contributed by atoms with van der Waals surface area (Å²) in [5.41, 5.74) is 4.85. The maximum atomic E-state index is 12.3. The molecule has 0 saturated heterocycles. The molecule has 6 nitrogen and oxygen atoms in total. The van der Waals surface area contributed by atoms with Crippen LogP contribution in [0.15, 0.2) is 5.16 Å². The molecule has 6 heteroatoms. The molecule has 2 fully saturated rings. The Balaban J connectivity index is 2.02. The molecular weight excluding hydrogens is 258 g/mol. The lowest BCUT2D eigenvalue weighted by Crippen LogP contribution is -2.59. The van der Waals surface area contributed by atoms with Crippen molar-refractivity contribution in [3.8, 4) is 0 Å². The summed E-state index contributed by atoms with van der Waals surface area (Å²) in [6.45, 7) is 0. The minimum atomic E-state index is -0.678. The average Bonchev–Trinajstić information content (AvgIpc) is 2.43. The third kappa shape index (κ3) is 2.90. The lowest BCUT2D eigenvalue weighted by molar-refractivity contribution is -0.135. The van der Waals surface area contributed by atoms with E-state index in [1.165, 1.54) is 0 Å². The van der Waals surface area contributed by atoms with Gasteiger partial charge in [0.25, 0.3) is 0 Å². The molecule has 0 spiro atoms. The molecule has 0 bridgehead atoms. The molecule has 20 heavy (non-hydrogen) atoms. The van der Waals surface area contributed by atoms with Crippen molar-refractivity contribution in [2.75, 3.05) is 7.11 Å². The van der Waals surface area contributed by atoms with Gasteiger partial charge in [0.2, 0.25) is 5.91 Å². The highest BCUT2D eigenvalue weighted by atomic mass is 16.5. The molecule has 0 unspecified atom stereocenters. The van der Waals surface area contributed by atoms with Crippen LogP contribution in [-0.4, -0.2) is 35.2 Å². The predicted molar refractivity (Wildman–Crippen MR) is 75.6 cm³/mol. The second-order valence-corrected chi connectivity index (χ2v) is 6.09. The van der Waals surface area contributed by atoms with Crippen molar-refractivity contribution in [3.63, 3.8) is 0 Å². The second kappa shape index (κ2) is 5.99. The highest BCUT2D eigenvalue weighted by Crippen LogP contribution is 2.38. The third-order valence-corrected chi connectivity index (χ3v) is 4.86.